The third kappa shape index (κ3) is 3.83. The standard InChI is InChI=1S/C16H13BrN2O2/c1-11-6-7-12(13(17)10-11)16(20)19-14-4-2-3-5-15(14)21-9-8-18/h2-7,10H,9H2,1H3,(H,19,20). The maximum Gasteiger partial charge on any atom is 0.256 e. The number of halogens is 1. The van der Waals surface area contributed by atoms with Gasteiger partial charge in [0.05, 0.1) is 11.3 Å². The molecule has 2 rings (SSSR count). The second-order valence-electron chi connectivity index (χ2n) is 4.38. The number of ether oxygens (including phenoxy) is 1. The van der Waals surface area contributed by atoms with Crippen LogP contribution in [0.4, 0.5) is 5.69 Å². The first kappa shape index (κ1) is 15.1. The molecule has 0 spiro atoms. The van der Waals surface area contributed by atoms with Crippen molar-refractivity contribution >= 4 is 27.5 Å². The Morgan fingerprint density at radius 2 is 2.10 bits per heavy atom. The van der Waals surface area contributed by atoms with Gasteiger partial charge in [0.1, 0.15) is 11.8 Å². The van der Waals surface area contributed by atoms with Crippen molar-refractivity contribution in [3.8, 4) is 11.8 Å². The Bertz CT molecular complexity index is 708. The van der Waals surface area contributed by atoms with Crippen molar-refractivity contribution in [3.63, 3.8) is 0 Å². The lowest BCUT2D eigenvalue weighted by atomic mass is 10.1. The Balaban J connectivity index is 2.22. The van der Waals surface area contributed by atoms with Gasteiger partial charge >= 0.3 is 0 Å². The molecule has 0 aliphatic carbocycles. The van der Waals surface area contributed by atoms with Gasteiger partial charge in [-0.1, -0.05) is 18.2 Å². The van der Waals surface area contributed by atoms with Crippen LogP contribution in [0.15, 0.2) is 46.9 Å². The Hall–Kier alpha value is -2.32. The molecular formula is C16H13BrN2O2. The fraction of sp³-hybridized carbons (Fsp3) is 0.125. The molecule has 21 heavy (non-hydrogen) atoms. The van der Waals surface area contributed by atoms with E-state index in [1.54, 1.807) is 30.3 Å². The highest BCUT2D eigenvalue weighted by Crippen LogP contribution is 2.26. The van der Waals surface area contributed by atoms with Crippen molar-refractivity contribution in [1.82, 2.24) is 0 Å². The van der Waals surface area contributed by atoms with E-state index in [0.29, 0.717) is 17.0 Å². The second-order valence-corrected chi connectivity index (χ2v) is 5.23. The fourth-order valence-corrected chi connectivity index (χ4v) is 2.47. The quantitative estimate of drug-likeness (QED) is 0.914. The summed E-state index contributed by atoms with van der Waals surface area (Å²) in [5.41, 5.74) is 2.14. The molecule has 0 heterocycles. The highest BCUT2D eigenvalue weighted by atomic mass is 79.9. The highest BCUT2D eigenvalue weighted by Gasteiger charge is 2.12. The minimum absolute atomic E-state index is 0.0683. The highest BCUT2D eigenvalue weighted by molar-refractivity contribution is 9.10. The van der Waals surface area contributed by atoms with Crippen molar-refractivity contribution in [3.05, 3.63) is 58.1 Å². The Labute approximate surface area is 131 Å². The molecule has 0 aromatic heterocycles. The number of nitriles is 1. The maximum absolute atomic E-state index is 12.3. The fourth-order valence-electron chi connectivity index (χ4n) is 1.80. The summed E-state index contributed by atoms with van der Waals surface area (Å²) in [6.07, 6.45) is 0. The molecule has 0 atom stereocenters. The summed E-state index contributed by atoms with van der Waals surface area (Å²) < 4.78 is 6.02. The van der Waals surface area contributed by atoms with Crippen molar-refractivity contribution in [2.75, 3.05) is 11.9 Å². The predicted molar refractivity (Wildman–Crippen MR) is 84.4 cm³/mol. The number of carbonyl (C=O) groups excluding carboxylic acids is 1. The molecular weight excluding hydrogens is 332 g/mol. The van der Waals surface area contributed by atoms with E-state index in [1.807, 2.05) is 25.1 Å². The monoisotopic (exact) mass is 344 g/mol. The van der Waals surface area contributed by atoms with Crippen LogP contribution < -0.4 is 10.1 Å². The molecule has 4 nitrogen and oxygen atoms in total. The zero-order valence-corrected chi connectivity index (χ0v) is 13.0. The number of anilines is 1. The minimum Gasteiger partial charge on any atom is -0.477 e. The predicted octanol–water partition coefficient (Wildman–Crippen LogP) is 3.91. The van der Waals surface area contributed by atoms with Gasteiger partial charge in [0.2, 0.25) is 0 Å². The van der Waals surface area contributed by atoms with Crippen LogP contribution in [-0.4, -0.2) is 12.5 Å². The van der Waals surface area contributed by atoms with Gasteiger partial charge in [-0.3, -0.25) is 4.79 Å². The largest absolute Gasteiger partial charge is 0.477 e. The van der Waals surface area contributed by atoms with E-state index < -0.39 is 0 Å². The van der Waals surface area contributed by atoms with E-state index in [1.165, 1.54) is 0 Å². The molecule has 0 saturated heterocycles. The second kappa shape index (κ2) is 6.91. The summed E-state index contributed by atoms with van der Waals surface area (Å²) in [5, 5.41) is 11.4. The maximum atomic E-state index is 12.3. The molecule has 1 amide bonds. The van der Waals surface area contributed by atoms with Crippen LogP contribution in [0.5, 0.6) is 5.75 Å². The summed E-state index contributed by atoms with van der Waals surface area (Å²) in [4.78, 5) is 12.3. The number of carbonyl (C=O) groups is 1. The van der Waals surface area contributed by atoms with Crippen LogP contribution in [0.1, 0.15) is 15.9 Å². The summed E-state index contributed by atoms with van der Waals surface area (Å²) in [6.45, 7) is 1.89. The summed E-state index contributed by atoms with van der Waals surface area (Å²) in [6, 6.07) is 14.4. The van der Waals surface area contributed by atoms with E-state index in [4.69, 9.17) is 10.00 Å². The number of benzene rings is 2. The molecule has 0 aliphatic heterocycles. The van der Waals surface area contributed by atoms with Gasteiger partial charge < -0.3 is 10.1 Å². The van der Waals surface area contributed by atoms with E-state index in [9.17, 15) is 4.79 Å². The molecule has 2 aromatic carbocycles. The van der Waals surface area contributed by atoms with Crippen molar-refractivity contribution < 1.29 is 9.53 Å². The molecule has 2 aromatic rings. The first-order valence-electron chi connectivity index (χ1n) is 6.28. The smallest absolute Gasteiger partial charge is 0.256 e. The number of hydrogen-bond donors (Lipinski definition) is 1. The average Bonchev–Trinajstić information content (AvgIpc) is 2.46. The van der Waals surface area contributed by atoms with Gasteiger partial charge in [-0.05, 0) is 52.7 Å². The first-order valence-corrected chi connectivity index (χ1v) is 7.07. The lowest BCUT2D eigenvalue weighted by molar-refractivity contribution is 0.102. The van der Waals surface area contributed by atoms with Gasteiger partial charge in [-0.15, -0.1) is 0 Å². The Morgan fingerprint density at radius 1 is 1.33 bits per heavy atom. The van der Waals surface area contributed by atoms with Crippen LogP contribution in [0.3, 0.4) is 0 Å². The number of rotatable bonds is 4. The van der Waals surface area contributed by atoms with E-state index >= 15 is 0 Å². The zero-order valence-electron chi connectivity index (χ0n) is 11.4. The van der Waals surface area contributed by atoms with Gasteiger partial charge in [-0.2, -0.15) is 5.26 Å². The molecule has 0 unspecified atom stereocenters. The molecule has 0 fully saturated rings. The number of nitrogens with zero attached hydrogens (tertiary/aromatic N) is 1. The molecule has 5 heteroatoms. The number of aryl methyl sites for hydroxylation is 1. The van der Waals surface area contributed by atoms with E-state index in [0.717, 1.165) is 10.0 Å². The summed E-state index contributed by atoms with van der Waals surface area (Å²) in [5.74, 6) is 0.227. The van der Waals surface area contributed by atoms with Crippen LogP contribution >= 0.6 is 15.9 Å². The van der Waals surface area contributed by atoms with Crippen LogP contribution in [0.2, 0.25) is 0 Å². The third-order valence-electron chi connectivity index (χ3n) is 2.80. The zero-order chi connectivity index (χ0) is 15.2. The third-order valence-corrected chi connectivity index (χ3v) is 3.45. The Morgan fingerprint density at radius 3 is 2.81 bits per heavy atom. The van der Waals surface area contributed by atoms with Gasteiger partial charge in [0.15, 0.2) is 6.61 Å². The molecule has 0 radical (unpaired) electrons. The number of nitrogens with one attached hydrogen (secondary N) is 1. The number of para-hydroxylation sites is 2. The minimum atomic E-state index is -0.241. The van der Waals surface area contributed by atoms with Crippen LogP contribution in [0, 0.1) is 18.3 Å². The van der Waals surface area contributed by atoms with Crippen LogP contribution in [-0.2, 0) is 0 Å². The number of amides is 1. The van der Waals surface area contributed by atoms with Gasteiger partial charge in [-0.25, -0.2) is 0 Å². The first-order chi connectivity index (χ1) is 10.1. The lowest BCUT2D eigenvalue weighted by Crippen LogP contribution is -2.13. The lowest BCUT2D eigenvalue weighted by Gasteiger charge is -2.11. The molecule has 106 valence electrons. The SMILES string of the molecule is Cc1ccc(C(=O)Nc2ccccc2OCC#N)c(Br)c1. The molecule has 0 saturated carbocycles. The van der Waals surface area contributed by atoms with E-state index in [2.05, 4.69) is 21.2 Å². The summed E-state index contributed by atoms with van der Waals surface area (Å²) in [7, 11) is 0. The van der Waals surface area contributed by atoms with Crippen molar-refractivity contribution in [1.29, 1.82) is 5.26 Å². The van der Waals surface area contributed by atoms with Gasteiger partial charge in [0.25, 0.3) is 5.91 Å². The van der Waals surface area contributed by atoms with Gasteiger partial charge in [0, 0.05) is 4.47 Å². The Kier molecular flexibility index (Phi) is 4.96. The normalized spacial score (nSPS) is 9.76. The molecule has 0 aliphatic rings. The van der Waals surface area contributed by atoms with E-state index in [-0.39, 0.29) is 12.5 Å². The van der Waals surface area contributed by atoms with Crippen molar-refractivity contribution in [2.45, 2.75) is 6.92 Å². The summed E-state index contributed by atoms with van der Waals surface area (Å²) >= 11 is 3.39. The van der Waals surface area contributed by atoms with Crippen LogP contribution in [0.25, 0.3) is 0 Å². The van der Waals surface area contributed by atoms with Crippen molar-refractivity contribution in [2.24, 2.45) is 0 Å². The molecule has 0 bridgehead atoms. The topological polar surface area (TPSA) is 62.1 Å². The average molecular weight is 345 g/mol. The number of hydrogen-bond acceptors (Lipinski definition) is 3. The molecule has 1 N–H and O–H groups in total.